The normalized spacial score (nSPS) is 13.1. The van der Waals surface area contributed by atoms with Crippen LogP contribution >= 0.6 is 11.6 Å². The Morgan fingerprint density at radius 3 is 2.31 bits per heavy atom. The largest absolute Gasteiger partial charge is 0.343 e. The second-order valence-corrected chi connectivity index (χ2v) is 4.16. The van der Waals surface area contributed by atoms with Gasteiger partial charge in [-0.15, -0.1) is 11.6 Å². The van der Waals surface area contributed by atoms with Crippen molar-refractivity contribution in [2.45, 2.75) is 39.7 Å². The van der Waals surface area contributed by atoms with E-state index in [0.29, 0.717) is 24.3 Å². The Balaban J connectivity index is 3.94. The van der Waals surface area contributed by atoms with Crippen molar-refractivity contribution < 1.29 is 4.79 Å². The van der Waals surface area contributed by atoms with Gasteiger partial charge in [-0.1, -0.05) is 13.8 Å². The number of nitrogens with zero attached hydrogens (tertiary/aromatic N) is 1. The van der Waals surface area contributed by atoms with Crippen molar-refractivity contribution in [3.8, 4) is 0 Å². The SMILES string of the molecule is CC(C)C(C)N(C)C(=O)CCCCl. The van der Waals surface area contributed by atoms with E-state index in [-0.39, 0.29) is 5.91 Å². The Kier molecular flexibility index (Phi) is 6.13. The Morgan fingerprint density at radius 1 is 1.38 bits per heavy atom. The van der Waals surface area contributed by atoms with Crippen LogP contribution in [-0.2, 0) is 4.79 Å². The van der Waals surface area contributed by atoms with E-state index in [1.54, 1.807) is 0 Å². The Hall–Kier alpha value is -0.240. The highest BCUT2D eigenvalue weighted by atomic mass is 35.5. The molecule has 78 valence electrons. The fraction of sp³-hybridized carbons (Fsp3) is 0.900. The van der Waals surface area contributed by atoms with Crippen LogP contribution in [0.3, 0.4) is 0 Å². The van der Waals surface area contributed by atoms with Gasteiger partial charge in [0.05, 0.1) is 0 Å². The molecule has 0 bridgehead atoms. The highest BCUT2D eigenvalue weighted by Crippen LogP contribution is 2.10. The maximum atomic E-state index is 11.5. The van der Waals surface area contributed by atoms with Gasteiger partial charge in [0, 0.05) is 25.4 Å². The number of alkyl halides is 1. The quantitative estimate of drug-likeness (QED) is 0.632. The number of hydrogen-bond acceptors (Lipinski definition) is 1. The zero-order valence-corrected chi connectivity index (χ0v) is 9.77. The first-order valence-corrected chi connectivity index (χ1v) is 5.35. The van der Waals surface area contributed by atoms with E-state index in [0.717, 1.165) is 6.42 Å². The molecule has 0 N–H and O–H groups in total. The molecule has 0 aliphatic carbocycles. The number of carbonyl (C=O) groups is 1. The van der Waals surface area contributed by atoms with Crippen LogP contribution in [0.2, 0.25) is 0 Å². The van der Waals surface area contributed by atoms with Gasteiger partial charge in [0.1, 0.15) is 0 Å². The molecule has 0 aliphatic rings. The van der Waals surface area contributed by atoms with Crippen LogP contribution in [0.15, 0.2) is 0 Å². The topological polar surface area (TPSA) is 20.3 Å². The summed E-state index contributed by atoms with van der Waals surface area (Å²) in [7, 11) is 1.86. The van der Waals surface area contributed by atoms with Gasteiger partial charge in [-0.05, 0) is 19.3 Å². The number of carbonyl (C=O) groups excluding carboxylic acids is 1. The molecule has 0 heterocycles. The molecule has 0 spiro atoms. The fourth-order valence-corrected chi connectivity index (χ4v) is 1.20. The average Bonchev–Trinajstić information content (AvgIpc) is 2.11. The molecule has 0 aromatic rings. The summed E-state index contributed by atoms with van der Waals surface area (Å²) in [5.74, 6) is 1.27. The smallest absolute Gasteiger partial charge is 0.222 e. The minimum Gasteiger partial charge on any atom is -0.343 e. The summed E-state index contributed by atoms with van der Waals surface area (Å²) in [6.45, 7) is 6.31. The van der Waals surface area contributed by atoms with Crippen molar-refractivity contribution in [2.24, 2.45) is 5.92 Å². The minimum absolute atomic E-state index is 0.196. The minimum atomic E-state index is 0.196. The summed E-state index contributed by atoms with van der Waals surface area (Å²) in [4.78, 5) is 13.3. The average molecular weight is 206 g/mol. The highest BCUT2D eigenvalue weighted by molar-refractivity contribution is 6.17. The Labute approximate surface area is 86.2 Å². The molecule has 1 atom stereocenters. The number of amides is 1. The van der Waals surface area contributed by atoms with Gasteiger partial charge in [-0.25, -0.2) is 0 Å². The predicted molar refractivity (Wildman–Crippen MR) is 57.0 cm³/mol. The summed E-state index contributed by atoms with van der Waals surface area (Å²) >= 11 is 5.52. The van der Waals surface area contributed by atoms with E-state index in [4.69, 9.17) is 11.6 Å². The monoisotopic (exact) mass is 205 g/mol. The molecule has 3 heteroatoms. The molecular formula is C10H20ClNO. The van der Waals surface area contributed by atoms with E-state index in [1.807, 2.05) is 11.9 Å². The van der Waals surface area contributed by atoms with Crippen molar-refractivity contribution in [2.75, 3.05) is 12.9 Å². The Morgan fingerprint density at radius 2 is 1.92 bits per heavy atom. The van der Waals surface area contributed by atoms with Gasteiger partial charge in [-0.3, -0.25) is 4.79 Å². The molecule has 13 heavy (non-hydrogen) atoms. The Bertz CT molecular complexity index is 159. The summed E-state index contributed by atoms with van der Waals surface area (Å²) in [5.41, 5.74) is 0. The van der Waals surface area contributed by atoms with Crippen LogP contribution in [0.4, 0.5) is 0 Å². The van der Waals surface area contributed by atoms with E-state index < -0.39 is 0 Å². The first-order valence-electron chi connectivity index (χ1n) is 4.82. The molecule has 0 radical (unpaired) electrons. The van der Waals surface area contributed by atoms with Gasteiger partial charge in [0.25, 0.3) is 0 Å². The summed E-state index contributed by atoms with van der Waals surface area (Å²) in [6, 6.07) is 0.308. The lowest BCUT2D eigenvalue weighted by Crippen LogP contribution is -2.38. The van der Waals surface area contributed by atoms with Crippen molar-refractivity contribution >= 4 is 17.5 Å². The molecule has 0 aromatic heterocycles. The first-order chi connectivity index (χ1) is 6.00. The first kappa shape index (κ1) is 12.8. The van der Waals surface area contributed by atoms with Gasteiger partial charge in [0.15, 0.2) is 0 Å². The molecule has 0 aromatic carbocycles. The third-order valence-corrected chi connectivity index (χ3v) is 2.76. The van der Waals surface area contributed by atoms with Gasteiger partial charge in [-0.2, -0.15) is 0 Å². The zero-order chi connectivity index (χ0) is 10.4. The second kappa shape index (κ2) is 6.25. The maximum Gasteiger partial charge on any atom is 0.222 e. The van der Waals surface area contributed by atoms with Crippen molar-refractivity contribution in [3.05, 3.63) is 0 Å². The third kappa shape index (κ3) is 4.51. The molecule has 1 unspecified atom stereocenters. The van der Waals surface area contributed by atoms with Crippen LogP contribution in [-0.4, -0.2) is 29.8 Å². The lowest BCUT2D eigenvalue weighted by atomic mass is 10.0. The molecule has 1 amide bonds. The molecule has 0 saturated heterocycles. The molecule has 0 fully saturated rings. The summed E-state index contributed by atoms with van der Waals surface area (Å²) in [6.07, 6.45) is 1.34. The van der Waals surface area contributed by atoms with Crippen LogP contribution in [0.1, 0.15) is 33.6 Å². The number of hydrogen-bond donors (Lipinski definition) is 0. The third-order valence-electron chi connectivity index (χ3n) is 2.49. The van der Waals surface area contributed by atoms with Crippen LogP contribution in [0, 0.1) is 5.92 Å². The van der Waals surface area contributed by atoms with Gasteiger partial charge >= 0.3 is 0 Å². The fourth-order valence-electron chi connectivity index (χ4n) is 1.07. The van der Waals surface area contributed by atoms with Crippen molar-refractivity contribution in [3.63, 3.8) is 0 Å². The lowest BCUT2D eigenvalue weighted by Gasteiger charge is -2.28. The zero-order valence-electron chi connectivity index (χ0n) is 9.01. The van der Waals surface area contributed by atoms with Crippen LogP contribution in [0.5, 0.6) is 0 Å². The second-order valence-electron chi connectivity index (χ2n) is 3.78. The summed E-state index contributed by atoms with van der Waals surface area (Å²) < 4.78 is 0. The van der Waals surface area contributed by atoms with E-state index in [9.17, 15) is 4.79 Å². The van der Waals surface area contributed by atoms with Gasteiger partial charge in [0.2, 0.25) is 5.91 Å². The summed E-state index contributed by atoms with van der Waals surface area (Å²) in [5, 5.41) is 0. The van der Waals surface area contributed by atoms with Crippen LogP contribution < -0.4 is 0 Å². The molecule has 2 nitrogen and oxygen atoms in total. The maximum absolute atomic E-state index is 11.5. The van der Waals surface area contributed by atoms with E-state index >= 15 is 0 Å². The number of rotatable bonds is 5. The highest BCUT2D eigenvalue weighted by Gasteiger charge is 2.17. The lowest BCUT2D eigenvalue weighted by molar-refractivity contribution is -0.132. The molecular weight excluding hydrogens is 186 g/mol. The number of halogens is 1. The van der Waals surface area contributed by atoms with E-state index in [1.165, 1.54) is 0 Å². The van der Waals surface area contributed by atoms with Crippen LogP contribution in [0.25, 0.3) is 0 Å². The van der Waals surface area contributed by atoms with Crippen molar-refractivity contribution in [1.29, 1.82) is 0 Å². The molecule has 0 aliphatic heterocycles. The molecule has 0 rings (SSSR count). The standard InChI is InChI=1S/C10H20ClNO/c1-8(2)9(3)12(4)10(13)6-5-7-11/h8-9H,5-7H2,1-4H3. The predicted octanol–water partition coefficient (Wildman–Crippen LogP) is 2.51. The van der Waals surface area contributed by atoms with E-state index in [2.05, 4.69) is 20.8 Å². The van der Waals surface area contributed by atoms with Crippen molar-refractivity contribution in [1.82, 2.24) is 4.90 Å². The van der Waals surface area contributed by atoms with Gasteiger partial charge < -0.3 is 4.90 Å². The molecule has 0 saturated carbocycles.